The van der Waals surface area contributed by atoms with Crippen molar-refractivity contribution in [1.29, 1.82) is 0 Å². The molecule has 104 valence electrons. The van der Waals surface area contributed by atoms with Crippen LogP contribution in [-0.4, -0.2) is 34.7 Å². The number of rotatable bonds is 7. The van der Waals surface area contributed by atoms with Crippen molar-refractivity contribution in [3.05, 3.63) is 29.8 Å². The molecule has 0 aliphatic heterocycles. The topological polar surface area (TPSA) is 113 Å². The zero-order chi connectivity index (χ0) is 14.3. The normalized spacial score (nSPS) is 11.9. The van der Waals surface area contributed by atoms with E-state index in [9.17, 15) is 9.59 Å². The average Bonchev–Trinajstić information content (AvgIpc) is 2.38. The third kappa shape index (κ3) is 5.50. The highest BCUT2D eigenvalue weighted by Gasteiger charge is 2.14. The van der Waals surface area contributed by atoms with Crippen molar-refractivity contribution in [1.82, 2.24) is 0 Å². The van der Waals surface area contributed by atoms with Crippen molar-refractivity contribution in [2.24, 2.45) is 5.73 Å². The standard InChI is InChI=1S/C13H18N2O4/c14-11(5-6-12(17)18)13(19)15-10-3-1-9(2-4-10)7-8-16/h1-4,11,16H,5-8,14H2,(H,15,19)(H,17,18). The molecule has 0 aromatic heterocycles. The molecule has 1 aromatic carbocycles. The molecule has 0 aliphatic rings. The average molecular weight is 266 g/mol. The highest BCUT2D eigenvalue weighted by molar-refractivity contribution is 5.94. The third-order valence-electron chi connectivity index (χ3n) is 2.63. The summed E-state index contributed by atoms with van der Waals surface area (Å²) in [6.07, 6.45) is 0.528. The first-order valence-electron chi connectivity index (χ1n) is 6.01. The van der Waals surface area contributed by atoms with E-state index in [1.54, 1.807) is 24.3 Å². The van der Waals surface area contributed by atoms with Crippen LogP contribution in [0.25, 0.3) is 0 Å². The first-order chi connectivity index (χ1) is 9.02. The number of carbonyl (C=O) groups is 2. The second kappa shape index (κ2) is 7.50. The van der Waals surface area contributed by atoms with E-state index in [2.05, 4.69) is 5.32 Å². The number of amides is 1. The van der Waals surface area contributed by atoms with Crippen LogP contribution in [0.15, 0.2) is 24.3 Å². The molecule has 1 rings (SSSR count). The predicted octanol–water partition coefficient (Wildman–Crippen LogP) is 0.352. The van der Waals surface area contributed by atoms with Gasteiger partial charge < -0.3 is 21.3 Å². The highest BCUT2D eigenvalue weighted by atomic mass is 16.4. The molecule has 5 N–H and O–H groups in total. The number of nitrogens with two attached hydrogens (primary N) is 1. The summed E-state index contributed by atoms with van der Waals surface area (Å²) in [5, 5.41) is 19.9. The SMILES string of the molecule is NC(CCC(=O)O)C(=O)Nc1ccc(CCO)cc1. The van der Waals surface area contributed by atoms with Gasteiger partial charge >= 0.3 is 5.97 Å². The molecule has 1 atom stereocenters. The number of carboxylic acid groups (broad SMARTS) is 1. The number of hydrogen-bond donors (Lipinski definition) is 4. The van der Waals surface area contributed by atoms with E-state index in [0.717, 1.165) is 5.56 Å². The van der Waals surface area contributed by atoms with Gasteiger partial charge in [0.15, 0.2) is 0 Å². The fourth-order valence-corrected chi connectivity index (χ4v) is 1.53. The summed E-state index contributed by atoms with van der Waals surface area (Å²) in [6, 6.07) is 6.19. The van der Waals surface area contributed by atoms with Crippen LogP contribution < -0.4 is 11.1 Å². The van der Waals surface area contributed by atoms with Crippen molar-refractivity contribution in [2.75, 3.05) is 11.9 Å². The fraction of sp³-hybridized carbons (Fsp3) is 0.385. The molecule has 0 saturated heterocycles. The fourth-order valence-electron chi connectivity index (χ4n) is 1.53. The minimum atomic E-state index is -0.975. The summed E-state index contributed by atoms with van der Waals surface area (Å²) in [5.41, 5.74) is 7.15. The lowest BCUT2D eigenvalue weighted by Crippen LogP contribution is -2.36. The zero-order valence-corrected chi connectivity index (χ0v) is 10.5. The van der Waals surface area contributed by atoms with Crippen LogP contribution >= 0.6 is 0 Å². The van der Waals surface area contributed by atoms with Crippen LogP contribution in [0.3, 0.4) is 0 Å². The molecule has 19 heavy (non-hydrogen) atoms. The van der Waals surface area contributed by atoms with Crippen LogP contribution in [0.4, 0.5) is 5.69 Å². The van der Waals surface area contributed by atoms with Crippen LogP contribution in [0.1, 0.15) is 18.4 Å². The number of aliphatic hydroxyl groups is 1. The first-order valence-corrected chi connectivity index (χ1v) is 6.01. The molecule has 1 aromatic rings. The molecule has 6 heteroatoms. The maximum atomic E-state index is 11.7. The van der Waals surface area contributed by atoms with Gasteiger partial charge in [0, 0.05) is 18.7 Å². The number of aliphatic hydroxyl groups excluding tert-OH is 1. The van der Waals surface area contributed by atoms with Crippen molar-refractivity contribution in [3.8, 4) is 0 Å². The first kappa shape index (κ1) is 15.1. The molecule has 1 unspecified atom stereocenters. The van der Waals surface area contributed by atoms with E-state index in [1.807, 2.05) is 0 Å². The number of nitrogens with one attached hydrogen (secondary N) is 1. The maximum Gasteiger partial charge on any atom is 0.303 e. The lowest BCUT2D eigenvalue weighted by atomic mass is 10.1. The van der Waals surface area contributed by atoms with E-state index >= 15 is 0 Å². The number of benzene rings is 1. The minimum Gasteiger partial charge on any atom is -0.481 e. The highest BCUT2D eigenvalue weighted by Crippen LogP contribution is 2.10. The molecule has 0 aliphatic carbocycles. The van der Waals surface area contributed by atoms with Gasteiger partial charge in [-0.1, -0.05) is 12.1 Å². The van der Waals surface area contributed by atoms with E-state index in [4.69, 9.17) is 15.9 Å². The molecule has 0 bridgehead atoms. The van der Waals surface area contributed by atoms with Crippen LogP contribution in [0.2, 0.25) is 0 Å². The molecule has 0 radical (unpaired) electrons. The summed E-state index contributed by atoms with van der Waals surface area (Å²) in [7, 11) is 0. The van der Waals surface area contributed by atoms with E-state index < -0.39 is 17.9 Å². The summed E-state index contributed by atoms with van der Waals surface area (Å²) in [6.45, 7) is 0.0752. The predicted molar refractivity (Wildman–Crippen MR) is 70.7 cm³/mol. The number of anilines is 1. The summed E-state index contributed by atoms with van der Waals surface area (Å²) >= 11 is 0. The molecular formula is C13H18N2O4. The van der Waals surface area contributed by atoms with Crippen LogP contribution in [0, 0.1) is 0 Å². The van der Waals surface area contributed by atoms with Gasteiger partial charge in [-0.2, -0.15) is 0 Å². The Hall–Kier alpha value is -1.92. The van der Waals surface area contributed by atoms with E-state index in [-0.39, 0.29) is 19.4 Å². The lowest BCUT2D eigenvalue weighted by Gasteiger charge is -2.11. The van der Waals surface area contributed by atoms with Crippen LogP contribution in [-0.2, 0) is 16.0 Å². The Balaban J connectivity index is 2.49. The Morgan fingerprint density at radius 1 is 1.26 bits per heavy atom. The van der Waals surface area contributed by atoms with Gasteiger partial charge in [0.05, 0.1) is 6.04 Å². The van der Waals surface area contributed by atoms with Gasteiger partial charge in [-0.05, 0) is 30.5 Å². The zero-order valence-electron chi connectivity index (χ0n) is 10.5. The van der Waals surface area contributed by atoms with Crippen molar-refractivity contribution in [2.45, 2.75) is 25.3 Å². The smallest absolute Gasteiger partial charge is 0.303 e. The minimum absolute atomic E-state index is 0.0752. The van der Waals surface area contributed by atoms with Crippen LogP contribution in [0.5, 0.6) is 0 Å². The quantitative estimate of drug-likeness (QED) is 0.569. The van der Waals surface area contributed by atoms with Crippen molar-refractivity contribution in [3.63, 3.8) is 0 Å². The van der Waals surface area contributed by atoms with Gasteiger partial charge in [0.25, 0.3) is 0 Å². The van der Waals surface area contributed by atoms with Gasteiger partial charge in [0.2, 0.25) is 5.91 Å². The number of carbonyl (C=O) groups excluding carboxylic acids is 1. The molecule has 6 nitrogen and oxygen atoms in total. The summed E-state index contributed by atoms with van der Waals surface area (Å²) < 4.78 is 0. The van der Waals surface area contributed by atoms with Gasteiger partial charge in [-0.25, -0.2) is 0 Å². The second-order valence-corrected chi connectivity index (χ2v) is 4.20. The Bertz CT molecular complexity index is 431. The Morgan fingerprint density at radius 3 is 2.42 bits per heavy atom. The summed E-state index contributed by atoms with van der Waals surface area (Å²) in [4.78, 5) is 22.0. The molecule has 0 saturated carbocycles. The second-order valence-electron chi connectivity index (χ2n) is 4.20. The Morgan fingerprint density at radius 2 is 1.89 bits per heavy atom. The Kier molecular flexibility index (Phi) is 5.98. The van der Waals surface area contributed by atoms with Gasteiger partial charge in [-0.15, -0.1) is 0 Å². The van der Waals surface area contributed by atoms with Crippen molar-refractivity contribution >= 4 is 17.6 Å². The summed E-state index contributed by atoms with van der Waals surface area (Å²) in [5.74, 6) is -1.38. The lowest BCUT2D eigenvalue weighted by molar-refractivity contribution is -0.137. The van der Waals surface area contributed by atoms with Gasteiger partial charge in [-0.3, -0.25) is 9.59 Å². The molecule has 0 spiro atoms. The maximum absolute atomic E-state index is 11.7. The van der Waals surface area contributed by atoms with Crippen molar-refractivity contribution < 1.29 is 19.8 Å². The molecular weight excluding hydrogens is 248 g/mol. The molecule has 0 fully saturated rings. The Labute approximate surface area is 111 Å². The number of aliphatic carboxylic acids is 1. The third-order valence-corrected chi connectivity index (χ3v) is 2.63. The van der Waals surface area contributed by atoms with E-state index in [0.29, 0.717) is 12.1 Å². The molecule has 0 heterocycles. The number of hydrogen-bond acceptors (Lipinski definition) is 4. The van der Waals surface area contributed by atoms with E-state index in [1.165, 1.54) is 0 Å². The number of carboxylic acids is 1. The monoisotopic (exact) mass is 266 g/mol. The largest absolute Gasteiger partial charge is 0.481 e. The molecule has 1 amide bonds. The van der Waals surface area contributed by atoms with Gasteiger partial charge in [0.1, 0.15) is 0 Å².